The number of amides is 2. The maximum absolute atomic E-state index is 13.1. The van der Waals surface area contributed by atoms with Gasteiger partial charge in [-0.3, -0.25) is 9.59 Å². The molecule has 1 unspecified atom stereocenters. The number of benzene rings is 1. The molecule has 1 aromatic heterocycles. The number of carbonyl (C=O) groups is 2. The van der Waals surface area contributed by atoms with E-state index in [0.29, 0.717) is 0 Å². The predicted octanol–water partition coefficient (Wildman–Crippen LogP) is 1.48. The number of halogens is 1. The summed E-state index contributed by atoms with van der Waals surface area (Å²) in [6.45, 7) is 5.26. The van der Waals surface area contributed by atoms with Crippen molar-refractivity contribution in [1.82, 2.24) is 20.0 Å². The van der Waals surface area contributed by atoms with Crippen molar-refractivity contribution >= 4 is 11.8 Å². The van der Waals surface area contributed by atoms with Crippen molar-refractivity contribution in [2.75, 3.05) is 6.54 Å². The Balaban J connectivity index is 1.75. The monoisotopic (exact) mass is 374 g/mol. The Morgan fingerprint density at radius 3 is 2.63 bits per heavy atom. The number of aromatic nitrogens is 2. The maximum Gasteiger partial charge on any atom is 0.243 e. The molecule has 27 heavy (non-hydrogen) atoms. The van der Waals surface area contributed by atoms with Crippen LogP contribution >= 0.6 is 0 Å². The summed E-state index contributed by atoms with van der Waals surface area (Å²) in [5, 5.41) is 17.0. The van der Waals surface area contributed by atoms with Crippen LogP contribution in [0.3, 0.4) is 0 Å². The van der Waals surface area contributed by atoms with E-state index in [1.165, 1.54) is 24.0 Å². The molecule has 1 fully saturated rings. The summed E-state index contributed by atoms with van der Waals surface area (Å²) in [5.74, 6) is -0.860. The van der Waals surface area contributed by atoms with E-state index in [-0.39, 0.29) is 36.6 Å². The summed E-state index contributed by atoms with van der Waals surface area (Å²) in [7, 11) is 0. The van der Waals surface area contributed by atoms with E-state index in [9.17, 15) is 19.1 Å². The minimum Gasteiger partial charge on any atom is -0.391 e. The SMILES string of the molecule is CC(=O)N1C[C@H](O)C[C@H]1C(=O)NC(C)c1cnn(-c2ccc(F)cc2)c1C. The van der Waals surface area contributed by atoms with Crippen molar-refractivity contribution in [1.29, 1.82) is 0 Å². The van der Waals surface area contributed by atoms with Crippen molar-refractivity contribution in [2.45, 2.75) is 45.4 Å². The number of nitrogens with one attached hydrogen (secondary N) is 1. The summed E-state index contributed by atoms with van der Waals surface area (Å²) >= 11 is 0. The molecule has 0 bridgehead atoms. The van der Waals surface area contributed by atoms with E-state index < -0.39 is 12.1 Å². The van der Waals surface area contributed by atoms with Crippen LogP contribution in [-0.2, 0) is 9.59 Å². The first-order valence-corrected chi connectivity index (χ1v) is 8.84. The molecule has 2 heterocycles. The quantitative estimate of drug-likeness (QED) is 0.849. The van der Waals surface area contributed by atoms with Gasteiger partial charge >= 0.3 is 0 Å². The Bertz CT molecular complexity index is 849. The second kappa shape index (κ2) is 7.48. The lowest BCUT2D eigenvalue weighted by Crippen LogP contribution is -2.45. The minimum absolute atomic E-state index is 0.170. The standard InChI is InChI=1S/C19H23FN4O3/c1-11(22-19(27)18-8-16(26)10-23(18)13(3)25)17-9-21-24(12(17)2)15-6-4-14(20)5-7-15/h4-7,9,11,16,18,26H,8,10H2,1-3H3,(H,22,27)/t11?,16-,18+/m1/s1. The lowest BCUT2D eigenvalue weighted by Gasteiger charge is -2.24. The summed E-state index contributed by atoms with van der Waals surface area (Å²) < 4.78 is 14.8. The Hall–Kier alpha value is -2.74. The molecule has 2 amide bonds. The Labute approximate surface area is 156 Å². The predicted molar refractivity (Wildman–Crippen MR) is 96.6 cm³/mol. The first kappa shape index (κ1) is 19.0. The van der Waals surface area contributed by atoms with Crippen LogP contribution in [0.25, 0.3) is 5.69 Å². The Morgan fingerprint density at radius 1 is 1.33 bits per heavy atom. The van der Waals surface area contributed by atoms with E-state index in [0.717, 1.165) is 16.9 Å². The van der Waals surface area contributed by atoms with Crippen molar-refractivity contribution in [2.24, 2.45) is 0 Å². The lowest BCUT2D eigenvalue weighted by molar-refractivity contribution is -0.137. The van der Waals surface area contributed by atoms with Crippen LogP contribution < -0.4 is 5.32 Å². The fourth-order valence-corrected chi connectivity index (χ4v) is 3.49. The largest absolute Gasteiger partial charge is 0.391 e. The minimum atomic E-state index is -0.692. The van der Waals surface area contributed by atoms with Crippen LogP contribution in [0.4, 0.5) is 4.39 Å². The van der Waals surface area contributed by atoms with Gasteiger partial charge in [-0.15, -0.1) is 0 Å². The number of nitrogens with zero attached hydrogens (tertiary/aromatic N) is 3. The fourth-order valence-electron chi connectivity index (χ4n) is 3.49. The summed E-state index contributed by atoms with van der Waals surface area (Å²) in [6, 6.07) is 4.98. The van der Waals surface area contributed by atoms with Crippen molar-refractivity contribution in [3.63, 3.8) is 0 Å². The smallest absolute Gasteiger partial charge is 0.243 e. The third-order valence-electron chi connectivity index (χ3n) is 4.93. The van der Waals surface area contributed by atoms with Crippen molar-refractivity contribution in [3.8, 4) is 5.69 Å². The molecule has 3 rings (SSSR count). The molecule has 1 saturated heterocycles. The first-order valence-electron chi connectivity index (χ1n) is 8.84. The number of hydrogen-bond donors (Lipinski definition) is 2. The van der Waals surface area contributed by atoms with Gasteiger partial charge in [0.1, 0.15) is 11.9 Å². The molecule has 0 spiro atoms. The lowest BCUT2D eigenvalue weighted by atomic mass is 10.1. The zero-order valence-electron chi connectivity index (χ0n) is 15.5. The second-order valence-electron chi connectivity index (χ2n) is 6.88. The maximum atomic E-state index is 13.1. The van der Waals surface area contributed by atoms with E-state index in [2.05, 4.69) is 10.4 Å². The van der Waals surface area contributed by atoms with Gasteiger partial charge in [0.2, 0.25) is 11.8 Å². The fraction of sp³-hybridized carbons (Fsp3) is 0.421. The molecule has 0 aliphatic carbocycles. The molecule has 1 aliphatic rings. The highest BCUT2D eigenvalue weighted by Crippen LogP contribution is 2.23. The van der Waals surface area contributed by atoms with Crippen LogP contribution in [0, 0.1) is 12.7 Å². The molecular formula is C19H23FN4O3. The highest BCUT2D eigenvalue weighted by atomic mass is 19.1. The molecule has 2 aromatic rings. The van der Waals surface area contributed by atoms with Gasteiger partial charge in [-0.2, -0.15) is 5.10 Å². The van der Waals surface area contributed by atoms with E-state index in [1.807, 2.05) is 13.8 Å². The molecule has 3 atom stereocenters. The first-order chi connectivity index (χ1) is 12.8. The van der Waals surface area contributed by atoms with E-state index >= 15 is 0 Å². The molecular weight excluding hydrogens is 351 g/mol. The van der Waals surface area contributed by atoms with Gasteiger partial charge in [0.15, 0.2) is 0 Å². The molecule has 1 aromatic carbocycles. The molecule has 144 valence electrons. The number of aliphatic hydroxyl groups is 1. The third-order valence-corrected chi connectivity index (χ3v) is 4.93. The van der Waals surface area contributed by atoms with Crippen LogP contribution in [0.5, 0.6) is 0 Å². The molecule has 1 aliphatic heterocycles. The van der Waals surface area contributed by atoms with Crippen LogP contribution in [0.15, 0.2) is 30.5 Å². The average Bonchev–Trinajstić information content (AvgIpc) is 3.19. The van der Waals surface area contributed by atoms with Crippen LogP contribution in [-0.4, -0.2) is 50.3 Å². The Kier molecular flexibility index (Phi) is 5.27. The number of rotatable bonds is 4. The number of β-amino-alcohol motifs (C(OH)–C–C–N with tert-alkyl or cyclic N) is 1. The second-order valence-corrected chi connectivity index (χ2v) is 6.88. The zero-order chi connectivity index (χ0) is 19.7. The van der Waals surface area contributed by atoms with Gasteiger partial charge in [-0.05, 0) is 38.1 Å². The molecule has 0 saturated carbocycles. The number of aliphatic hydroxyl groups excluding tert-OH is 1. The van der Waals surface area contributed by atoms with Gasteiger partial charge in [0.05, 0.1) is 24.0 Å². The molecule has 2 N–H and O–H groups in total. The normalized spacial score (nSPS) is 20.6. The van der Waals surface area contributed by atoms with Gasteiger partial charge in [-0.1, -0.05) is 0 Å². The third kappa shape index (κ3) is 3.85. The van der Waals surface area contributed by atoms with Crippen molar-refractivity contribution in [3.05, 3.63) is 47.5 Å². The van der Waals surface area contributed by atoms with Crippen molar-refractivity contribution < 1.29 is 19.1 Å². The van der Waals surface area contributed by atoms with E-state index in [1.54, 1.807) is 23.0 Å². The van der Waals surface area contributed by atoms with Crippen LogP contribution in [0.1, 0.15) is 37.6 Å². The Morgan fingerprint density at radius 2 is 2.00 bits per heavy atom. The van der Waals surface area contributed by atoms with E-state index in [4.69, 9.17) is 0 Å². The number of likely N-dealkylation sites (tertiary alicyclic amines) is 1. The summed E-state index contributed by atoms with van der Waals surface area (Å²) in [4.78, 5) is 25.7. The zero-order valence-corrected chi connectivity index (χ0v) is 15.5. The van der Waals surface area contributed by atoms with Crippen LogP contribution in [0.2, 0.25) is 0 Å². The van der Waals surface area contributed by atoms with Gasteiger partial charge in [0.25, 0.3) is 0 Å². The number of hydrogen-bond acceptors (Lipinski definition) is 4. The van der Waals surface area contributed by atoms with Gasteiger partial charge < -0.3 is 15.3 Å². The molecule has 0 radical (unpaired) electrons. The molecule has 7 nitrogen and oxygen atoms in total. The average molecular weight is 374 g/mol. The summed E-state index contributed by atoms with van der Waals surface area (Å²) in [6.07, 6.45) is 1.20. The number of carbonyl (C=O) groups excluding carboxylic acids is 2. The van der Waals surface area contributed by atoms with Gasteiger partial charge in [-0.25, -0.2) is 9.07 Å². The highest BCUT2D eigenvalue weighted by molar-refractivity contribution is 5.87. The van der Waals surface area contributed by atoms with Gasteiger partial charge in [0, 0.05) is 31.1 Å². The topological polar surface area (TPSA) is 87.5 Å². The summed E-state index contributed by atoms with van der Waals surface area (Å²) in [5.41, 5.74) is 2.37. The highest BCUT2D eigenvalue weighted by Gasteiger charge is 2.38. The molecule has 8 heteroatoms.